The van der Waals surface area contributed by atoms with Crippen LogP contribution in [0.1, 0.15) is 12.0 Å². The maximum absolute atomic E-state index is 13.3. The van der Waals surface area contributed by atoms with Gasteiger partial charge in [0.2, 0.25) is 11.9 Å². The Balaban J connectivity index is 1.27. The van der Waals surface area contributed by atoms with Crippen molar-refractivity contribution in [3.63, 3.8) is 0 Å². The zero-order valence-corrected chi connectivity index (χ0v) is 16.9. The highest BCUT2D eigenvalue weighted by Crippen LogP contribution is 2.40. The van der Waals surface area contributed by atoms with Crippen molar-refractivity contribution in [2.75, 3.05) is 44.2 Å². The normalized spacial score (nSPS) is 22.9. The van der Waals surface area contributed by atoms with Gasteiger partial charge in [-0.1, -0.05) is 18.2 Å². The predicted octanol–water partition coefficient (Wildman–Crippen LogP) is 0.355. The summed E-state index contributed by atoms with van der Waals surface area (Å²) in [6, 6.07) is 8.39. The van der Waals surface area contributed by atoms with Crippen LogP contribution in [0.25, 0.3) is 0 Å². The smallest absolute Gasteiger partial charge is 0.325 e. The van der Waals surface area contributed by atoms with Gasteiger partial charge in [-0.3, -0.25) is 14.5 Å². The van der Waals surface area contributed by atoms with E-state index in [1.807, 2.05) is 11.0 Å². The number of nitrogens with zero attached hydrogens (tertiary/aromatic N) is 5. The van der Waals surface area contributed by atoms with Crippen molar-refractivity contribution < 1.29 is 19.1 Å². The van der Waals surface area contributed by atoms with Crippen LogP contribution in [0.4, 0.5) is 10.7 Å². The molecule has 4 heterocycles. The number of carbonyl (C=O) groups is 3. The largest absolute Gasteiger partial charge is 0.493 e. The molecule has 1 aromatic carbocycles. The van der Waals surface area contributed by atoms with E-state index in [9.17, 15) is 14.4 Å². The quantitative estimate of drug-likeness (QED) is 0.712. The second-order valence-corrected chi connectivity index (χ2v) is 7.74. The second-order valence-electron chi connectivity index (χ2n) is 7.74. The van der Waals surface area contributed by atoms with E-state index >= 15 is 0 Å². The first-order valence-corrected chi connectivity index (χ1v) is 10.2. The third-order valence-corrected chi connectivity index (χ3v) is 6.02. The molecule has 1 spiro atoms. The zero-order chi connectivity index (χ0) is 21.4. The van der Waals surface area contributed by atoms with Gasteiger partial charge in [0.25, 0.3) is 5.91 Å². The number of para-hydroxylation sites is 1. The number of amides is 4. The van der Waals surface area contributed by atoms with Gasteiger partial charge in [0, 0.05) is 50.6 Å². The van der Waals surface area contributed by atoms with E-state index in [2.05, 4.69) is 15.3 Å². The summed E-state index contributed by atoms with van der Waals surface area (Å²) >= 11 is 0. The van der Waals surface area contributed by atoms with E-state index in [4.69, 9.17) is 4.74 Å². The first kappa shape index (κ1) is 19.3. The van der Waals surface area contributed by atoms with E-state index < -0.39 is 17.5 Å². The molecular weight excluding hydrogens is 400 g/mol. The van der Waals surface area contributed by atoms with Crippen molar-refractivity contribution in [1.29, 1.82) is 0 Å². The summed E-state index contributed by atoms with van der Waals surface area (Å²) in [4.78, 5) is 52.0. The molecule has 2 saturated heterocycles. The molecule has 0 unspecified atom stereocenters. The molecule has 2 fully saturated rings. The summed E-state index contributed by atoms with van der Waals surface area (Å²) in [5, 5.41) is 2.82. The lowest BCUT2D eigenvalue weighted by Crippen LogP contribution is -2.52. The lowest BCUT2D eigenvalue weighted by Gasteiger charge is -2.35. The van der Waals surface area contributed by atoms with Gasteiger partial charge in [0.15, 0.2) is 5.54 Å². The van der Waals surface area contributed by atoms with E-state index in [0.29, 0.717) is 56.5 Å². The first-order chi connectivity index (χ1) is 15.1. The van der Waals surface area contributed by atoms with Crippen LogP contribution in [0.15, 0.2) is 42.7 Å². The van der Waals surface area contributed by atoms with Crippen molar-refractivity contribution in [3.8, 4) is 5.75 Å². The van der Waals surface area contributed by atoms with Crippen molar-refractivity contribution in [1.82, 2.24) is 25.1 Å². The Labute approximate surface area is 178 Å². The predicted molar refractivity (Wildman–Crippen MR) is 109 cm³/mol. The second kappa shape index (κ2) is 7.53. The molecule has 3 aliphatic rings. The lowest BCUT2D eigenvalue weighted by molar-refractivity contribution is -0.139. The maximum Gasteiger partial charge on any atom is 0.325 e. The van der Waals surface area contributed by atoms with Gasteiger partial charge < -0.3 is 19.9 Å². The van der Waals surface area contributed by atoms with Crippen LogP contribution in [0, 0.1) is 0 Å². The molecule has 0 radical (unpaired) electrons. The summed E-state index contributed by atoms with van der Waals surface area (Å²) in [5.41, 5.74) is -0.541. The average molecular weight is 422 g/mol. The summed E-state index contributed by atoms with van der Waals surface area (Å²) in [7, 11) is 0. The van der Waals surface area contributed by atoms with Gasteiger partial charge in [-0.15, -0.1) is 0 Å². The third-order valence-electron chi connectivity index (χ3n) is 6.02. The Bertz CT molecular complexity index is 1020. The molecular formula is C21H22N6O4. The summed E-state index contributed by atoms with van der Waals surface area (Å²) in [6.45, 7) is 2.16. The number of imide groups is 1. The van der Waals surface area contributed by atoms with Gasteiger partial charge >= 0.3 is 6.03 Å². The van der Waals surface area contributed by atoms with E-state index in [1.54, 1.807) is 41.6 Å². The van der Waals surface area contributed by atoms with Crippen LogP contribution < -0.4 is 15.0 Å². The molecule has 0 aliphatic carbocycles. The van der Waals surface area contributed by atoms with Crippen LogP contribution in [-0.2, 0) is 15.1 Å². The van der Waals surface area contributed by atoms with Gasteiger partial charge in [-0.2, -0.15) is 0 Å². The lowest BCUT2D eigenvalue weighted by atomic mass is 9.84. The molecule has 0 saturated carbocycles. The molecule has 4 amide bonds. The monoisotopic (exact) mass is 422 g/mol. The van der Waals surface area contributed by atoms with Gasteiger partial charge in [-0.05, 0) is 12.1 Å². The fourth-order valence-corrected chi connectivity index (χ4v) is 4.36. The van der Waals surface area contributed by atoms with Crippen molar-refractivity contribution in [3.05, 3.63) is 48.3 Å². The van der Waals surface area contributed by atoms with E-state index in [1.165, 1.54) is 0 Å². The van der Waals surface area contributed by atoms with Crippen LogP contribution >= 0.6 is 0 Å². The van der Waals surface area contributed by atoms with Crippen molar-refractivity contribution in [2.24, 2.45) is 0 Å². The van der Waals surface area contributed by atoms with E-state index in [0.717, 1.165) is 4.90 Å². The summed E-state index contributed by atoms with van der Waals surface area (Å²) in [6.07, 6.45) is 3.69. The molecule has 5 rings (SSSR count). The highest BCUT2D eigenvalue weighted by Gasteiger charge is 2.55. The number of benzene rings is 1. The molecule has 10 heteroatoms. The Hall–Kier alpha value is -3.69. The van der Waals surface area contributed by atoms with Gasteiger partial charge in [-0.25, -0.2) is 14.8 Å². The number of fused-ring (bicyclic) bond motifs is 2. The topological polar surface area (TPSA) is 108 Å². The number of hydrogen-bond acceptors (Lipinski definition) is 7. The van der Waals surface area contributed by atoms with Crippen molar-refractivity contribution >= 4 is 23.8 Å². The fourth-order valence-electron chi connectivity index (χ4n) is 4.36. The number of ether oxygens (including phenoxy) is 1. The molecule has 160 valence electrons. The number of rotatable bonds is 3. The molecule has 3 aliphatic heterocycles. The number of nitrogens with one attached hydrogen (secondary N) is 1. The Morgan fingerprint density at radius 1 is 1.06 bits per heavy atom. The molecule has 0 bridgehead atoms. The standard InChI is InChI=1S/C21H22N6O4/c28-17(25-9-11-26(12-10-25)19-22-7-3-8-23-19)14-27-18(29)21(24-20(27)30)6-13-31-16-5-2-1-4-15(16)21/h1-5,7-8H,6,9-14H2,(H,24,30)/t21-/m0/s1. The fraction of sp³-hybridized carbons (Fsp3) is 0.381. The number of urea groups is 1. The molecule has 31 heavy (non-hydrogen) atoms. The molecule has 10 nitrogen and oxygen atoms in total. The van der Waals surface area contributed by atoms with Gasteiger partial charge in [0.1, 0.15) is 12.3 Å². The Morgan fingerprint density at radius 2 is 1.81 bits per heavy atom. The number of carbonyl (C=O) groups excluding carboxylic acids is 3. The van der Waals surface area contributed by atoms with E-state index in [-0.39, 0.29) is 12.5 Å². The highest BCUT2D eigenvalue weighted by molar-refractivity contribution is 6.09. The number of aromatic nitrogens is 2. The minimum absolute atomic E-state index is 0.255. The summed E-state index contributed by atoms with van der Waals surface area (Å²) < 4.78 is 5.64. The SMILES string of the molecule is O=C(CN1C(=O)N[C@]2(CCOc3ccccc32)C1=O)N1CCN(c2ncccn2)CC1. The average Bonchev–Trinajstić information content (AvgIpc) is 3.04. The van der Waals surface area contributed by atoms with Crippen molar-refractivity contribution in [2.45, 2.75) is 12.0 Å². The first-order valence-electron chi connectivity index (χ1n) is 10.2. The molecule has 1 aromatic heterocycles. The highest BCUT2D eigenvalue weighted by atomic mass is 16.5. The molecule has 1 atom stereocenters. The molecule has 2 aromatic rings. The number of anilines is 1. The Kier molecular flexibility index (Phi) is 4.68. The minimum Gasteiger partial charge on any atom is -0.493 e. The Morgan fingerprint density at radius 3 is 2.58 bits per heavy atom. The maximum atomic E-state index is 13.3. The van der Waals surface area contributed by atoms with Crippen LogP contribution in [0.5, 0.6) is 5.75 Å². The van der Waals surface area contributed by atoms with Crippen LogP contribution in [-0.4, -0.2) is 76.9 Å². The molecule has 1 N–H and O–H groups in total. The minimum atomic E-state index is -1.17. The third kappa shape index (κ3) is 3.24. The van der Waals surface area contributed by atoms with Crippen LogP contribution in [0.2, 0.25) is 0 Å². The van der Waals surface area contributed by atoms with Gasteiger partial charge in [0.05, 0.1) is 6.61 Å². The number of hydrogen-bond donors (Lipinski definition) is 1. The summed E-state index contributed by atoms with van der Waals surface area (Å²) in [5.74, 6) is 0.547. The zero-order valence-electron chi connectivity index (χ0n) is 16.9. The van der Waals surface area contributed by atoms with Crippen LogP contribution in [0.3, 0.4) is 0 Å². The number of piperazine rings is 1.